The van der Waals surface area contributed by atoms with Crippen molar-refractivity contribution in [2.45, 2.75) is 45.6 Å². The van der Waals surface area contributed by atoms with Crippen LogP contribution in [0.5, 0.6) is 11.5 Å². The largest absolute Gasteiger partial charge is 0.509 e. The highest BCUT2D eigenvalue weighted by Crippen LogP contribution is 2.45. The van der Waals surface area contributed by atoms with Crippen molar-refractivity contribution in [1.29, 1.82) is 0 Å². The van der Waals surface area contributed by atoms with Gasteiger partial charge in [0.1, 0.15) is 23.3 Å². The van der Waals surface area contributed by atoms with Gasteiger partial charge in [0, 0.05) is 22.9 Å². The van der Waals surface area contributed by atoms with E-state index in [9.17, 15) is 20.1 Å². The lowest BCUT2D eigenvalue weighted by Gasteiger charge is -2.37. The van der Waals surface area contributed by atoms with Crippen molar-refractivity contribution in [2.75, 3.05) is 13.1 Å². The van der Waals surface area contributed by atoms with E-state index < -0.39 is 6.04 Å². The van der Waals surface area contributed by atoms with Crippen molar-refractivity contribution >= 4 is 33.2 Å². The summed E-state index contributed by atoms with van der Waals surface area (Å²) in [5, 5.41) is 35.1. The molecule has 1 atom stereocenters. The van der Waals surface area contributed by atoms with Crippen LogP contribution in [0.25, 0.3) is 33.1 Å². The normalized spacial score (nSPS) is 15.9. The maximum Gasteiger partial charge on any atom is 0.192 e. The van der Waals surface area contributed by atoms with Gasteiger partial charge in [-0.1, -0.05) is 63.1 Å². The van der Waals surface area contributed by atoms with Gasteiger partial charge in [-0.2, -0.15) is 0 Å². The third-order valence-electron chi connectivity index (χ3n) is 7.14. The Labute approximate surface area is 210 Å². The number of unbranched alkanes of at least 4 members (excludes halogenated alkanes) is 2. The van der Waals surface area contributed by atoms with Gasteiger partial charge in [0.15, 0.2) is 5.78 Å². The number of rotatable bonds is 9. The molecule has 186 valence electrons. The second-order valence-corrected chi connectivity index (χ2v) is 9.50. The number of ketones is 1. The molecule has 1 aliphatic carbocycles. The first-order valence-corrected chi connectivity index (χ1v) is 12.7. The number of aromatic nitrogens is 1. The van der Waals surface area contributed by atoms with E-state index in [-0.39, 0.29) is 34.2 Å². The Balaban J connectivity index is 1.57. The second kappa shape index (κ2) is 9.70. The fourth-order valence-corrected chi connectivity index (χ4v) is 5.31. The summed E-state index contributed by atoms with van der Waals surface area (Å²) in [4.78, 5) is 15.2. The van der Waals surface area contributed by atoms with E-state index in [4.69, 9.17) is 0 Å². The molecule has 0 bridgehead atoms. The standard InChI is InChI=1S/C30H32N2O4/c1-3-5-15-31(16-6-4-2)28-29(35)27(30(28)36)26-24(33)17-19(18-25(26)34)32-22-13-9-7-11-20(22)21-12-8-10-14-23(21)32/h7-14,17-18,28,33-35H,3-6,15-16H2,1-2H3. The first-order valence-electron chi connectivity index (χ1n) is 12.7. The lowest BCUT2D eigenvalue weighted by atomic mass is 9.81. The summed E-state index contributed by atoms with van der Waals surface area (Å²) in [6, 6.07) is 18.3. The number of nitrogens with zero attached hydrogens (tertiary/aromatic N) is 2. The molecule has 1 aromatic heterocycles. The van der Waals surface area contributed by atoms with Crippen LogP contribution < -0.4 is 0 Å². The van der Waals surface area contributed by atoms with Gasteiger partial charge in [0.05, 0.1) is 27.9 Å². The minimum absolute atomic E-state index is 0.00164. The van der Waals surface area contributed by atoms with Crippen molar-refractivity contribution < 1.29 is 20.1 Å². The van der Waals surface area contributed by atoms with Crippen LogP contribution in [0.1, 0.15) is 45.1 Å². The minimum atomic E-state index is -0.714. The van der Waals surface area contributed by atoms with Gasteiger partial charge in [-0.25, -0.2) is 0 Å². The van der Waals surface area contributed by atoms with Crippen molar-refractivity contribution in [1.82, 2.24) is 9.47 Å². The lowest BCUT2D eigenvalue weighted by Crippen LogP contribution is -2.50. The van der Waals surface area contributed by atoms with E-state index in [2.05, 4.69) is 13.8 Å². The van der Waals surface area contributed by atoms with E-state index in [1.807, 2.05) is 58.0 Å². The van der Waals surface area contributed by atoms with E-state index in [0.717, 1.165) is 60.6 Å². The highest BCUT2D eigenvalue weighted by atomic mass is 16.3. The molecule has 0 fully saturated rings. The second-order valence-electron chi connectivity index (χ2n) is 9.50. The summed E-state index contributed by atoms with van der Waals surface area (Å²) in [6.45, 7) is 5.62. The first-order chi connectivity index (χ1) is 17.5. The molecule has 3 aromatic carbocycles. The molecule has 0 aliphatic heterocycles. The number of benzene rings is 3. The van der Waals surface area contributed by atoms with Crippen LogP contribution in [-0.2, 0) is 4.79 Å². The van der Waals surface area contributed by atoms with Crippen LogP contribution in [0, 0.1) is 0 Å². The van der Waals surface area contributed by atoms with Gasteiger partial charge in [0.25, 0.3) is 0 Å². The molecule has 0 saturated heterocycles. The molecule has 0 radical (unpaired) electrons. The zero-order valence-electron chi connectivity index (χ0n) is 20.7. The highest BCUT2D eigenvalue weighted by Gasteiger charge is 2.45. The van der Waals surface area contributed by atoms with Crippen LogP contribution in [-0.4, -0.2) is 49.7 Å². The SMILES string of the molecule is CCCCN(CCCC)C1C(=O)C(c2c(O)cc(-n3c4ccccc4c4ccccc43)cc2O)=C1O. The summed E-state index contributed by atoms with van der Waals surface area (Å²) < 4.78 is 1.98. The number of aliphatic hydroxyl groups excluding tert-OH is 1. The molecular weight excluding hydrogens is 452 g/mol. The number of phenolic OH excluding ortho intramolecular Hbond substituents is 2. The first kappa shape index (κ1) is 23.9. The molecule has 0 amide bonds. The maximum atomic E-state index is 13.2. The fourth-order valence-electron chi connectivity index (χ4n) is 5.31. The van der Waals surface area contributed by atoms with Crippen LogP contribution in [0.15, 0.2) is 66.4 Å². The Kier molecular flexibility index (Phi) is 6.46. The van der Waals surface area contributed by atoms with Crippen molar-refractivity contribution in [3.05, 3.63) is 72.0 Å². The van der Waals surface area contributed by atoms with E-state index >= 15 is 0 Å². The zero-order chi connectivity index (χ0) is 25.4. The Morgan fingerprint density at radius 3 is 1.78 bits per heavy atom. The number of hydrogen-bond donors (Lipinski definition) is 3. The van der Waals surface area contributed by atoms with Crippen molar-refractivity contribution in [3.63, 3.8) is 0 Å². The van der Waals surface area contributed by atoms with Crippen molar-refractivity contribution in [2.24, 2.45) is 0 Å². The van der Waals surface area contributed by atoms with Crippen molar-refractivity contribution in [3.8, 4) is 17.2 Å². The monoisotopic (exact) mass is 484 g/mol. The van der Waals surface area contributed by atoms with Crippen LogP contribution in [0.3, 0.4) is 0 Å². The molecule has 1 aliphatic rings. The number of fused-ring (bicyclic) bond motifs is 3. The molecule has 6 nitrogen and oxygen atoms in total. The average Bonchev–Trinajstić information content (AvgIpc) is 3.22. The maximum absolute atomic E-state index is 13.2. The predicted molar refractivity (Wildman–Crippen MR) is 144 cm³/mol. The molecule has 1 heterocycles. The number of para-hydroxylation sites is 2. The molecule has 0 spiro atoms. The quantitative estimate of drug-likeness (QED) is 0.259. The number of carbonyl (C=O) groups excluding carboxylic acids is 1. The summed E-state index contributed by atoms with van der Waals surface area (Å²) >= 11 is 0. The molecule has 0 saturated carbocycles. The number of phenols is 2. The number of Topliss-reactive ketones (excluding diaryl/α,β-unsaturated/α-hetero) is 1. The Bertz CT molecular complexity index is 1400. The van der Waals surface area contributed by atoms with Gasteiger partial charge in [-0.15, -0.1) is 0 Å². The van der Waals surface area contributed by atoms with Crippen LogP contribution in [0.2, 0.25) is 0 Å². The van der Waals surface area contributed by atoms with E-state index in [1.165, 1.54) is 0 Å². The fraction of sp³-hybridized carbons (Fsp3) is 0.300. The molecule has 4 aromatic rings. The van der Waals surface area contributed by atoms with E-state index in [0.29, 0.717) is 5.69 Å². The molecule has 1 unspecified atom stereocenters. The summed E-state index contributed by atoms with van der Waals surface area (Å²) in [5.41, 5.74) is 2.44. The van der Waals surface area contributed by atoms with Gasteiger partial charge < -0.3 is 19.9 Å². The molecular formula is C30H32N2O4. The Hall–Kier alpha value is -3.77. The number of aromatic hydroxyl groups is 2. The number of hydrogen-bond acceptors (Lipinski definition) is 5. The smallest absolute Gasteiger partial charge is 0.192 e. The Morgan fingerprint density at radius 1 is 0.806 bits per heavy atom. The zero-order valence-corrected chi connectivity index (χ0v) is 20.7. The summed E-state index contributed by atoms with van der Waals surface area (Å²) in [7, 11) is 0. The number of carbonyl (C=O) groups is 1. The Morgan fingerprint density at radius 2 is 1.31 bits per heavy atom. The molecule has 6 heteroatoms. The summed E-state index contributed by atoms with van der Waals surface area (Å²) in [6.07, 6.45) is 3.85. The topological polar surface area (TPSA) is 85.9 Å². The third-order valence-corrected chi connectivity index (χ3v) is 7.14. The molecule has 3 N–H and O–H groups in total. The number of aliphatic hydroxyl groups is 1. The van der Waals surface area contributed by atoms with Crippen LogP contribution >= 0.6 is 0 Å². The predicted octanol–water partition coefficient (Wildman–Crippen LogP) is 6.32. The minimum Gasteiger partial charge on any atom is -0.509 e. The van der Waals surface area contributed by atoms with Gasteiger partial charge in [-0.05, 0) is 38.1 Å². The highest BCUT2D eigenvalue weighted by molar-refractivity contribution is 6.32. The summed E-state index contributed by atoms with van der Waals surface area (Å²) in [5.74, 6) is -0.833. The molecule has 5 rings (SSSR count). The van der Waals surface area contributed by atoms with Gasteiger partial charge >= 0.3 is 0 Å². The van der Waals surface area contributed by atoms with Gasteiger partial charge in [0.2, 0.25) is 0 Å². The molecule has 36 heavy (non-hydrogen) atoms. The van der Waals surface area contributed by atoms with Crippen LogP contribution in [0.4, 0.5) is 0 Å². The van der Waals surface area contributed by atoms with Gasteiger partial charge in [-0.3, -0.25) is 9.69 Å². The third kappa shape index (κ3) is 3.82. The van der Waals surface area contributed by atoms with E-state index in [1.54, 1.807) is 12.1 Å². The average molecular weight is 485 g/mol. The lowest BCUT2D eigenvalue weighted by molar-refractivity contribution is -0.121.